The molecule has 0 aromatic heterocycles. The first-order valence-corrected chi connectivity index (χ1v) is 9.54. The Hall–Kier alpha value is -1.76. The Balaban J connectivity index is 1.82. The van der Waals surface area contributed by atoms with E-state index in [0.29, 0.717) is 18.7 Å². The van der Waals surface area contributed by atoms with Crippen LogP contribution in [0.3, 0.4) is 0 Å². The second-order valence-corrected chi connectivity index (χ2v) is 7.74. The molecule has 6 nitrogen and oxygen atoms in total. The van der Waals surface area contributed by atoms with Crippen LogP contribution in [0.4, 0.5) is 0 Å². The van der Waals surface area contributed by atoms with Crippen molar-refractivity contribution in [1.29, 1.82) is 0 Å². The number of nitrogens with zero attached hydrogens (tertiary/aromatic N) is 1. The zero-order chi connectivity index (χ0) is 16.9. The first-order valence-electron chi connectivity index (χ1n) is 7.72. The van der Waals surface area contributed by atoms with Gasteiger partial charge in [0.2, 0.25) is 5.91 Å². The van der Waals surface area contributed by atoms with Gasteiger partial charge in [-0.3, -0.25) is 4.79 Å². The summed E-state index contributed by atoms with van der Waals surface area (Å²) in [6, 6.07) is 6.95. The van der Waals surface area contributed by atoms with E-state index in [1.807, 2.05) is 6.92 Å². The summed E-state index contributed by atoms with van der Waals surface area (Å²) in [4.78, 5) is 13.9. The molecule has 0 saturated carbocycles. The smallest absolute Gasteiger partial charge is 0.226 e. The van der Waals surface area contributed by atoms with Crippen molar-refractivity contribution in [2.75, 3.05) is 31.8 Å². The number of hydrogen-bond acceptors (Lipinski definition) is 5. The van der Waals surface area contributed by atoms with E-state index in [-0.39, 0.29) is 36.5 Å². The Morgan fingerprint density at radius 1 is 1.26 bits per heavy atom. The molecular formula is C16H23NO5S. The van der Waals surface area contributed by atoms with E-state index in [1.165, 1.54) is 0 Å². The van der Waals surface area contributed by atoms with Crippen LogP contribution in [-0.4, -0.2) is 57.0 Å². The van der Waals surface area contributed by atoms with Gasteiger partial charge in [0.1, 0.15) is 11.5 Å². The molecule has 2 rings (SSSR count). The summed E-state index contributed by atoms with van der Waals surface area (Å²) >= 11 is 0. The molecule has 1 amide bonds. The summed E-state index contributed by atoms with van der Waals surface area (Å²) in [5.41, 5.74) is 0. The lowest BCUT2D eigenvalue weighted by atomic mass is 10.2. The molecule has 1 aliphatic rings. The number of rotatable bonds is 7. The van der Waals surface area contributed by atoms with Gasteiger partial charge in [0.15, 0.2) is 9.84 Å². The molecule has 1 atom stereocenters. The van der Waals surface area contributed by atoms with Gasteiger partial charge in [-0.2, -0.15) is 0 Å². The Labute approximate surface area is 137 Å². The van der Waals surface area contributed by atoms with Crippen LogP contribution in [0.5, 0.6) is 11.5 Å². The Morgan fingerprint density at radius 3 is 2.43 bits per heavy atom. The summed E-state index contributed by atoms with van der Waals surface area (Å²) in [7, 11) is -1.40. The molecule has 1 unspecified atom stereocenters. The van der Waals surface area contributed by atoms with Crippen molar-refractivity contribution in [2.24, 2.45) is 0 Å². The van der Waals surface area contributed by atoms with Crippen LogP contribution in [0, 0.1) is 0 Å². The van der Waals surface area contributed by atoms with Crippen LogP contribution in [-0.2, 0) is 14.6 Å². The van der Waals surface area contributed by atoms with E-state index < -0.39 is 9.84 Å². The van der Waals surface area contributed by atoms with Gasteiger partial charge in [-0.25, -0.2) is 8.42 Å². The maximum atomic E-state index is 12.3. The normalized spacial score (nSPS) is 19.3. The summed E-state index contributed by atoms with van der Waals surface area (Å²) in [6.07, 6.45) is 0.762. The number of amides is 1. The third kappa shape index (κ3) is 4.86. The fraction of sp³-hybridized carbons (Fsp3) is 0.562. The topological polar surface area (TPSA) is 72.9 Å². The van der Waals surface area contributed by atoms with Gasteiger partial charge in [-0.15, -0.1) is 0 Å². The van der Waals surface area contributed by atoms with E-state index in [2.05, 4.69) is 0 Å². The van der Waals surface area contributed by atoms with Gasteiger partial charge >= 0.3 is 0 Å². The highest BCUT2D eigenvalue weighted by Crippen LogP contribution is 2.19. The van der Waals surface area contributed by atoms with Crippen molar-refractivity contribution < 1.29 is 22.7 Å². The molecule has 0 bridgehead atoms. The maximum absolute atomic E-state index is 12.3. The molecule has 1 heterocycles. The highest BCUT2D eigenvalue weighted by molar-refractivity contribution is 7.91. The van der Waals surface area contributed by atoms with Crippen molar-refractivity contribution in [3.8, 4) is 11.5 Å². The molecule has 1 aromatic carbocycles. The lowest BCUT2D eigenvalue weighted by Crippen LogP contribution is -2.41. The minimum Gasteiger partial charge on any atom is -0.497 e. The lowest BCUT2D eigenvalue weighted by Gasteiger charge is -2.26. The number of carbonyl (C=O) groups is 1. The van der Waals surface area contributed by atoms with Crippen molar-refractivity contribution in [3.63, 3.8) is 0 Å². The van der Waals surface area contributed by atoms with Gasteiger partial charge in [0.25, 0.3) is 0 Å². The zero-order valence-corrected chi connectivity index (χ0v) is 14.3. The highest BCUT2D eigenvalue weighted by Gasteiger charge is 2.33. The number of methoxy groups -OCH3 is 1. The van der Waals surface area contributed by atoms with Crippen molar-refractivity contribution >= 4 is 15.7 Å². The SMILES string of the molecule is CCN(C(=O)CCOc1ccc(OC)cc1)C1CCS(=O)(=O)C1. The Kier molecular flexibility index (Phi) is 5.87. The molecule has 0 radical (unpaired) electrons. The van der Waals surface area contributed by atoms with Gasteiger partial charge in [0, 0.05) is 12.6 Å². The summed E-state index contributed by atoms with van der Waals surface area (Å²) in [6.45, 7) is 2.65. The van der Waals surface area contributed by atoms with Crippen LogP contribution in [0.2, 0.25) is 0 Å². The van der Waals surface area contributed by atoms with Crippen molar-refractivity contribution in [1.82, 2.24) is 4.90 Å². The van der Waals surface area contributed by atoms with Crippen molar-refractivity contribution in [2.45, 2.75) is 25.8 Å². The monoisotopic (exact) mass is 341 g/mol. The van der Waals surface area contributed by atoms with Crippen LogP contribution < -0.4 is 9.47 Å². The fourth-order valence-electron chi connectivity index (χ4n) is 2.73. The van der Waals surface area contributed by atoms with Crippen LogP contribution in [0.15, 0.2) is 24.3 Å². The molecule has 1 aromatic rings. The summed E-state index contributed by atoms with van der Waals surface area (Å²) in [5.74, 6) is 1.59. The van der Waals surface area contributed by atoms with E-state index in [9.17, 15) is 13.2 Å². The molecule has 1 aliphatic heterocycles. The van der Waals surface area contributed by atoms with Crippen LogP contribution in [0.1, 0.15) is 19.8 Å². The molecule has 1 fully saturated rings. The average molecular weight is 341 g/mol. The minimum absolute atomic E-state index is 0.0666. The van der Waals surface area contributed by atoms with Gasteiger partial charge in [0.05, 0.1) is 31.6 Å². The Bertz CT molecular complexity index is 626. The molecule has 1 saturated heterocycles. The Morgan fingerprint density at radius 2 is 1.91 bits per heavy atom. The first kappa shape index (κ1) is 17.6. The molecule has 23 heavy (non-hydrogen) atoms. The summed E-state index contributed by atoms with van der Waals surface area (Å²) < 4.78 is 33.7. The van der Waals surface area contributed by atoms with Crippen LogP contribution >= 0.6 is 0 Å². The standard InChI is InChI=1S/C16H23NO5S/c1-3-17(13-9-11-23(19,20)12-13)16(18)8-10-22-15-6-4-14(21-2)5-7-15/h4-7,13H,3,8-12H2,1-2H3. The molecule has 0 aliphatic carbocycles. The summed E-state index contributed by atoms with van der Waals surface area (Å²) in [5, 5.41) is 0. The molecular weight excluding hydrogens is 318 g/mol. The van der Waals surface area contributed by atoms with E-state index in [0.717, 1.165) is 5.75 Å². The highest BCUT2D eigenvalue weighted by atomic mass is 32.2. The number of carbonyl (C=O) groups excluding carboxylic acids is 1. The largest absolute Gasteiger partial charge is 0.497 e. The minimum atomic E-state index is -2.99. The second-order valence-electron chi connectivity index (χ2n) is 5.51. The zero-order valence-electron chi connectivity index (χ0n) is 13.5. The van der Waals surface area contributed by atoms with E-state index in [1.54, 1.807) is 36.3 Å². The van der Waals surface area contributed by atoms with Gasteiger partial charge in [-0.05, 0) is 37.6 Å². The van der Waals surface area contributed by atoms with Gasteiger partial charge < -0.3 is 14.4 Å². The molecule has 0 N–H and O–H groups in total. The predicted octanol–water partition coefficient (Wildman–Crippen LogP) is 1.50. The fourth-order valence-corrected chi connectivity index (χ4v) is 4.46. The van der Waals surface area contributed by atoms with E-state index >= 15 is 0 Å². The number of hydrogen-bond donors (Lipinski definition) is 0. The maximum Gasteiger partial charge on any atom is 0.226 e. The third-order valence-electron chi connectivity index (χ3n) is 3.95. The number of benzene rings is 1. The lowest BCUT2D eigenvalue weighted by molar-refractivity contribution is -0.133. The van der Waals surface area contributed by atoms with Crippen LogP contribution in [0.25, 0.3) is 0 Å². The number of ether oxygens (including phenoxy) is 2. The average Bonchev–Trinajstić information content (AvgIpc) is 2.88. The first-order chi connectivity index (χ1) is 10.9. The third-order valence-corrected chi connectivity index (χ3v) is 5.70. The number of sulfone groups is 1. The van der Waals surface area contributed by atoms with E-state index in [4.69, 9.17) is 9.47 Å². The quantitative estimate of drug-likeness (QED) is 0.751. The predicted molar refractivity (Wildman–Crippen MR) is 87.6 cm³/mol. The second kappa shape index (κ2) is 7.68. The molecule has 7 heteroatoms. The molecule has 128 valence electrons. The molecule has 0 spiro atoms. The van der Waals surface area contributed by atoms with Crippen molar-refractivity contribution in [3.05, 3.63) is 24.3 Å². The van der Waals surface area contributed by atoms with Gasteiger partial charge in [-0.1, -0.05) is 0 Å².